The van der Waals surface area contributed by atoms with Crippen LogP contribution in [0.2, 0.25) is 0 Å². The number of methoxy groups -OCH3 is 1. The van der Waals surface area contributed by atoms with E-state index in [0.29, 0.717) is 5.75 Å². The molecule has 4 heteroatoms. The van der Waals surface area contributed by atoms with Crippen LogP contribution in [0.25, 0.3) is 0 Å². The van der Waals surface area contributed by atoms with Crippen LogP contribution in [0.15, 0.2) is 12.1 Å². The van der Waals surface area contributed by atoms with Crippen LogP contribution in [0.4, 0.5) is 4.39 Å². The number of rotatable bonds is 3. The smallest absolute Gasteiger partial charge is 0.165 e. The number of ether oxygens (including phenoxy) is 2. The van der Waals surface area contributed by atoms with Crippen LogP contribution in [-0.4, -0.2) is 38.8 Å². The lowest BCUT2D eigenvalue weighted by Crippen LogP contribution is -2.40. The largest absolute Gasteiger partial charge is 0.493 e. The summed E-state index contributed by atoms with van der Waals surface area (Å²) >= 11 is 0. The molecule has 1 saturated heterocycles. The van der Waals surface area contributed by atoms with Crippen molar-refractivity contribution in [1.29, 1.82) is 0 Å². The molecule has 1 aliphatic heterocycles. The molecule has 122 valence electrons. The molecule has 0 amide bonds. The van der Waals surface area contributed by atoms with Gasteiger partial charge in [-0.25, -0.2) is 4.39 Å². The summed E-state index contributed by atoms with van der Waals surface area (Å²) in [6.07, 6.45) is 3.01. The quantitative estimate of drug-likeness (QED) is 0.855. The van der Waals surface area contributed by atoms with Crippen LogP contribution < -0.4 is 4.74 Å². The average Bonchev–Trinajstić information content (AvgIpc) is 2.92. The first-order valence-corrected chi connectivity index (χ1v) is 7.99. The molecule has 1 aromatic rings. The standard InChI is InChI=1S/C18H26FNO2/c1-17(2)10-12-6-7-14(19)16(21-5)15(12)18(17)9-8-13(22-18)11-20(3)4/h6-7,13H,8-11H2,1-5H3. The highest BCUT2D eigenvalue weighted by Crippen LogP contribution is 2.61. The predicted octanol–water partition coefficient (Wildman–Crippen LogP) is 3.35. The van der Waals surface area contributed by atoms with E-state index in [1.54, 1.807) is 7.11 Å². The zero-order valence-electron chi connectivity index (χ0n) is 14.2. The van der Waals surface area contributed by atoms with Crippen LogP contribution in [0.1, 0.15) is 37.8 Å². The lowest BCUT2D eigenvalue weighted by atomic mass is 9.73. The molecule has 3 nitrogen and oxygen atoms in total. The summed E-state index contributed by atoms with van der Waals surface area (Å²) in [5, 5.41) is 0. The van der Waals surface area contributed by atoms with Crippen molar-refractivity contribution in [3.63, 3.8) is 0 Å². The van der Waals surface area contributed by atoms with E-state index < -0.39 is 5.60 Å². The average molecular weight is 307 g/mol. The molecule has 2 unspecified atom stereocenters. The van der Waals surface area contributed by atoms with E-state index in [-0.39, 0.29) is 17.3 Å². The summed E-state index contributed by atoms with van der Waals surface area (Å²) in [4.78, 5) is 2.15. The van der Waals surface area contributed by atoms with Gasteiger partial charge in [0.15, 0.2) is 11.6 Å². The summed E-state index contributed by atoms with van der Waals surface area (Å²) < 4.78 is 26.2. The Bertz CT molecular complexity index is 585. The van der Waals surface area contributed by atoms with Crippen molar-refractivity contribution in [2.24, 2.45) is 5.41 Å². The zero-order valence-corrected chi connectivity index (χ0v) is 14.2. The van der Waals surface area contributed by atoms with Crippen molar-refractivity contribution in [3.05, 3.63) is 29.1 Å². The van der Waals surface area contributed by atoms with Crippen molar-refractivity contribution in [2.75, 3.05) is 27.7 Å². The molecule has 1 aromatic carbocycles. The lowest BCUT2D eigenvalue weighted by Gasteiger charge is -2.39. The number of hydrogen-bond acceptors (Lipinski definition) is 3. The Morgan fingerprint density at radius 2 is 2.09 bits per heavy atom. The first-order valence-electron chi connectivity index (χ1n) is 7.99. The van der Waals surface area contributed by atoms with E-state index in [1.807, 2.05) is 6.07 Å². The topological polar surface area (TPSA) is 21.7 Å². The first-order chi connectivity index (χ1) is 10.3. The summed E-state index contributed by atoms with van der Waals surface area (Å²) in [6.45, 7) is 5.34. The molecule has 1 spiro atoms. The van der Waals surface area contributed by atoms with Crippen LogP contribution in [0.5, 0.6) is 5.75 Å². The van der Waals surface area contributed by atoms with Crippen molar-refractivity contribution in [1.82, 2.24) is 4.90 Å². The predicted molar refractivity (Wildman–Crippen MR) is 84.8 cm³/mol. The SMILES string of the molecule is COc1c(F)ccc2c1C1(CCC(CN(C)C)O1)C(C)(C)C2. The summed E-state index contributed by atoms with van der Waals surface area (Å²) in [6, 6.07) is 3.41. The van der Waals surface area contributed by atoms with Gasteiger partial charge in [0.25, 0.3) is 0 Å². The number of hydrogen-bond donors (Lipinski definition) is 0. The molecule has 2 aliphatic rings. The molecule has 1 heterocycles. The van der Waals surface area contributed by atoms with Gasteiger partial charge in [0, 0.05) is 17.5 Å². The number of likely N-dealkylation sites (N-methyl/N-ethyl adjacent to an activating group) is 1. The highest BCUT2D eigenvalue weighted by atomic mass is 19.1. The van der Waals surface area contributed by atoms with Crippen LogP contribution in [0.3, 0.4) is 0 Å². The fourth-order valence-electron chi connectivity index (χ4n) is 4.33. The molecule has 1 fully saturated rings. The van der Waals surface area contributed by atoms with Gasteiger partial charge in [0.2, 0.25) is 0 Å². The van der Waals surface area contributed by atoms with Crippen LogP contribution in [0, 0.1) is 11.2 Å². The van der Waals surface area contributed by atoms with Gasteiger partial charge < -0.3 is 14.4 Å². The van der Waals surface area contributed by atoms with E-state index in [0.717, 1.165) is 36.9 Å². The number of nitrogens with zero attached hydrogens (tertiary/aromatic N) is 1. The van der Waals surface area contributed by atoms with Gasteiger partial charge in [-0.05, 0) is 45.0 Å². The third kappa shape index (κ3) is 2.16. The van der Waals surface area contributed by atoms with Gasteiger partial charge in [0.1, 0.15) is 5.60 Å². The lowest BCUT2D eigenvalue weighted by molar-refractivity contribution is -0.115. The van der Waals surface area contributed by atoms with E-state index in [9.17, 15) is 4.39 Å². The maximum absolute atomic E-state index is 14.3. The first kappa shape index (κ1) is 15.8. The normalized spacial score (nSPS) is 29.3. The maximum Gasteiger partial charge on any atom is 0.165 e. The Hall–Kier alpha value is -1.13. The monoisotopic (exact) mass is 307 g/mol. The van der Waals surface area contributed by atoms with Crippen molar-refractivity contribution in [3.8, 4) is 5.75 Å². The van der Waals surface area contributed by atoms with E-state index in [1.165, 1.54) is 6.07 Å². The van der Waals surface area contributed by atoms with E-state index in [2.05, 4.69) is 32.8 Å². The second-order valence-corrected chi connectivity index (χ2v) is 7.54. The summed E-state index contributed by atoms with van der Waals surface area (Å²) in [5.41, 5.74) is 1.61. The Labute approximate surface area is 132 Å². The fraction of sp³-hybridized carbons (Fsp3) is 0.667. The Balaban J connectivity index is 2.07. The summed E-state index contributed by atoms with van der Waals surface area (Å²) in [7, 11) is 5.66. The Morgan fingerprint density at radius 1 is 1.36 bits per heavy atom. The second kappa shape index (κ2) is 5.20. The number of fused-ring (bicyclic) bond motifs is 2. The Kier molecular flexibility index (Phi) is 3.73. The minimum Gasteiger partial charge on any atom is -0.493 e. The third-order valence-electron chi connectivity index (χ3n) is 5.28. The highest BCUT2D eigenvalue weighted by molar-refractivity contribution is 5.51. The molecule has 0 bridgehead atoms. The molecular formula is C18H26FNO2. The summed E-state index contributed by atoms with van der Waals surface area (Å²) in [5.74, 6) is 0.0755. The van der Waals surface area contributed by atoms with E-state index >= 15 is 0 Å². The third-order valence-corrected chi connectivity index (χ3v) is 5.28. The molecule has 22 heavy (non-hydrogen) atoms. The van der Waals surface area contributed by atoms with Gasteiger partial charge in [-0.2, -0.15) is 0 Å². The van der Waals surface area contributed by atoms with Crippen molar-refractivity contribution >= 4 is 0 Å². The minimum absolute atomic E-state index is 0.0581. The molecule has 0 radical (unpaired) electrons. The van der Waals surface area contributed by atoms with Crippen LogP contribution >= 0.6 is 0 Å². The van der Waals surface area contributed by atoms with Crippen molar-refractivity contribution in [2.45, 2.75) is 44.8 Å². The molecule has 0 N–H and O–H groups in total. The zero-order chi connectivity index (χ0) is 16.1. The molecule has 1 aliphatic carbocycles. The molecule has 0 aromatic heterocycles. The second-order valence-electron chi connectivity index (χ2n) is 7.54. The number of benzene rings is 1. The molecular weight excluding hydrogens is 281 g/mol. The minimum atomic E-state index is -0.434. The molecule has 0 saturated carbocycles. The Morgan fingerprint density at radius 3 is 2.73 bits per heavy atom. The van der Waals surface area contributed by atoms with Gasteiger partial charge in [0.05, 0.1) is 13.2 Å². The molecule has 3 rings (SSSR count). The van der Waals surface area contributed by atoms with Gasteiger partial charge in [-0.1, -0.05) is 19.9 Å². The number of halogens is 1. The fourth-order valence-corrected chi connectivity index (χ4v) is 4.33. The van der Waals surface area contributed by atoms with Gasteiger partial charge in [-0.3, -0.25) is 0 Å². The maximum atomic E-state index is 14.3. The highest BCUT2D eigenvalue weighted by Gasteiger charge is 2.58. The van der Waals surface area contributed by atoms with Gasteiger partial charge >= 0.3 is 0 Å². The van der Waals surface area contributed by atoms with E-state index in [4.69, 9.17) is 9.47 Å². The van der Waals surface area contributed by atoms with Crippen molar-refractivity contribution < 1.29 is 13.9 Å². The van der Waals surface area contributed by atoms with Crippen LogP contribution in [-0.2, 0) is 16.8 Å². The molecule has 2 atom stereocenters. The van der Waals surface area contributed by atoms with Gasteiger partial charge in [-0.15, -0.1) is 0 Å².